The van der Waals surface area contributed by atoms with Crippen LogP contribution in [0.15, 0.2) is 27.7 Å². The molecule has 88 valence electrons. The van der Waals surface area contributed by atoms with Crippen LogP contribution in [-0.4, -0.2) is 21.3 Å². The van der Waals surface area contributed by atoms with Crippen LogP contribution in [0.1, 0.15) is 5.76 Å². The highest BCUT2D eigenvalue weighted by Gasteiger charge is 2.33. The van der Waals surface area contributed by atoms with Crippen LogP contribution < -0.4 is 11.2 Å². The van der Waals surface area contributed by atoms with Gasteiger partial charge in [0.1, 0.15) is 5.76 Å². The number of carbonyl (C=O) groups is 2. The molecule has 2 rings (SSSR count). The first-order valence-corrected chi connectivity index (χ1v) is 5.68. The first-order valence-electron chi connectivity index (χ1n) is 4.45. The molecule has 1 aliphatic rings. The molecule has 0 atom stereocenters. The SMILES string of the molecule is NC(=O)NN1C(=O)C(=Cc2ccco2)SC1=S. The van der Waals surface area contributed by atoms with Crippen molar-refractivity contribution in [3.8, 4) is 0 Å². The molecule has 2 heterocycles. The van der Waals surface area contributed by atoms with Crippen molar-refractivity contribution in [3.63, 3.8) is 0 Å². The Morgan fingerprint density at radius 1 is 1.65 bits per heavy atom. The molecule has 1 aromatic rings. The lowest BCUT2D eigenvalue weighted by atomic mass is 10.4. The van der Waals surface area contributed by atoms with E-state index in [0.717, 1.165) is 16.8 Å². The molecule has 6 nitrogen and oxygen atoms in total. The summed E-state index contributed by atoms with van der Waals surface area (Å²) in [5.74, 6) is 0.0970. The van der Waals surface area contributed by atoms with E-state index in [2.05, 4.69) is 5.43 Å². The Kier molecular flexibility index (Phi) is 3.16. The molecule has 0 spiro atoms. The number of thioether (sulfide) groups is 1. The molecule has 0 radical (unpaired) electrons. The minimum absolute atomic E-state index is 0.214. The molecule has 3 amide bonds. The van der Waals surface area contributed by atoms with Crippen molar-refractivity contribution in [2.24, 2.45) is 5.73 Å². The van der Waals surface area contributed by atoms with Gasteiger partial charge in [0.25, 0.3) is 5.91 Å². The second-order valence-corrected chi connectivity index (χ2v) is 4.68. The normalized spacial score (nSPS) is 17.9. The van der Waals surface area contributed by atoms with Crippen LogP contribution >= 0.6 is 24.0 Å². The lowest BCUT2D eigenvalue weighted by Gasteiger charge is -2.12. The third-order valence-electron chi connectivity index (χ3n) is 1.83. The predicted molar refractivity (Wildman–Crippen MR) is 66.4 cm³/mol. The van der Waals surface area contributed by atoms with Gasteiger partial charge >= 0.3 is 6.03 Å². The van der Waals surface area contributed by atoms with Gasteiger partial charge in [-0.05, 0) is 24.4 Å². The zero-order chi connectivity index (χ0) is 12.4. The Bertz CT molecular complexity index is 510. The van der Waals surface area contributed by atoms with Crippen molar-refractivity contribution in [1.29, 1.82) is 0 Å². The molecule has 0 saturated carbocycles. The highest BCUT2D eigenvalue weighted by atomic mass is 32.2. The lowest BCUT2D eigenvalue weighted by Crippen LogP contribution is -2.47. The zero-order valence-electron chi connectivity index (χ0n) is 8.38. The predicted octanol–water partition coefficient (Wildman–Crippen LogP) is 1.06. The zero-order valence-corrected chi connectivity index (χ0v) is 10.0. The second-order valence-electron chi connectivity index (χ2n) is 3.01. The largest absolute Gasteiger partial charge is 0.465 e. The van der Waals surface area contributed by atoms with Crippen molar-refractivity contribution < 1.29 is 14.0 Å². The van der Waals surface area contributed by atoms with Crippen molar-refractivity contribution >= 4 is 46.3 Å². The summed E-state index contributed by atoms with van der Waals surface area (Å²) in [7, 11) is 0. The number of furan rings is 1. The highest BCUT2D eigenvalue weighted by molar-refractivity contribution is 8.26. The second kappa shape index (κ2) is 4.60. The third-order valence-corrected chi connectivity index (χ3v) is 3.13. The lowest BCUT2D eigenvalue weighted by molar-refractivity contribution is -0.123. The molecule has 1 aliphatic heterocycles. The number of primary amides is 1. The number of carbonyl (C=O) groups excluding carboxylic acids is 2. The molecular formula is C9H7N3O3S2. The molecule has 0 aliphatic carbocycles. The summed E-state index contributed by atoms with van der Waals surface area (Å²) in [5, 5.41) is 0.928. The van der Waals surface area contributed by atoms with E-state index in [0.29, 0.717) is 10.7 Å². The van der Waals surface area contributed by atoms with Gasteiger partial charge in [-0.2, -0.15) is 5.01 Å². The number of rotatable bonds is 2. The fourth-order valence-corrected chi connectivity index (χ4v) is 2.34. The summed E-state index contributed by atoms with van der Waals surface area (Å²) in [4.78, 5) is 22.9. The van der Waals surface area contributed by atoms with Gasteiger partial charge in [0, 0.05) is 6.08 Å². The Labute approximate surface area is 106 Å². The number of thiocarbonyl (C=S) groups is 1. The minimum atomic E-state index is -0.847. The Morgan fingerprint density at radius 3 is 3.00 bits per heavy atom. The van der Waals surface area contributed by atoms with E-state index < -0.39 is 11.9 Å². The van der Waals surface area contributed by atoms with E-state index in [4.69, 9.17) is 22.4 Å². The molecule has 0 bridgehead atoms. The number of hydrogen-bond acceptors (Lipinski definition) is 5. The van der Waals surface area contributed by atoms with Gasteiger partial charge < -0.3 is 10.2 Å². The van der Waals surface area contributed by atoms with Gasteiger partial charge in [0.05, 0.1) is 11.2 Å². The van der Waals surface area contributed by atoms with Gasteiger partial charge in [-0.15, -0.1) is 0 Å². The number of urea groups is 1. The molecule has 0 unspecified atom stereocenters. The van der Waals surface area contributed by atoms with E-state index in [9.17, 15) is 9.59 Å². The first kappa shape index (κ1) is 11.7. The molecule has 3 N–H and O–H groups in total. The Balaban J connectivity index is 2.21. The third kappa shape index (κ3) is 2.48. The van der Waals surface area contributed by atoms with Gasteiger partial charge in [0.2, 0.25) is 0 Å². The van der Waals surface area contributed by atoms with Crippen LogP contribution in [0.5, 0.6) is 0 Å². The average molecular weight is 269 g/mol. The van der Waals surface area contributed by atoms with E-state index in [1.165, 1.54) is 6.26 Å². The topological polar surface area (TPSA) is 88.6 Å². The monoisotopic (exact) mass is 269 g/mol. The van der Waals surface area contributed by atoms with Gasteiger partial charge in [-0.1, -0.05) is 11.8 Å². The number of nitrogens with one attached hydrogen (secondary N) is 1. The standard InChI is InChI=1S/C9H7N3O3S2/c10-8(14)11-12-7(13)6(17-9(12)16)4-5-2-1-3-15-5/h1-4H,(H3,10,11,14). The number of hydrazine groups is 1. The molecule has 1 fully saturated rings. The van der Waals surface area contributed by atoms with Crippen molar-refractivity contribution in [2.45, 2.75) is 0 Å². The van der Waals surface area contributed by atoms with Crippen LogP contribution in [0.3, 0.4) is 0 Å². The van der Waals surface area contributed by atoms with Crippen molar-refractivity contribution in [1.82, 2.24) is 10.4 Å². The summed E-state index contributed by atoms with van der Waals surface area (Å²) >= 11 is 6.00. The number of amides is 3. The van der Waals surface area contributed by atoms with Crippen LogP contribution in [0.25, 0.3) is 6.08 Å². The molecular weight excluding hydrogens is 262 g/mol. The minimum Gasteiger partial charge on any atom is -0.465 e. The maximum Gasteiger partial charge on any atom is 0.331 e. The average Bonchev–Trinajstić information content (AvgIpc) is 2.83. The van der Waals surface area contributed by atoms with E-state index in [1.54, 1.807) is 18.2 Å². The molecule has 1 saturated heterocycles. The van der Waals surface area contributed by atoms with Gasteiger partial charge in [0.15, 0.2) is 4.32 Å². The van der Waals surface area contributed by atoms with E-state index in [-0.39, 0.29) is 4.32 Å². The van der Waals surface area contributed by atoms with Crippen LogP contribution in [0.4, 0.5) is 4.79 Å². The first-order chi connectivity index (χ1) is 8.08. The van der Waals surface area contributed by atoms with Gasteiger partial charge in [-0.3, -0.25) is 4.79 Å². The van der Waals surface area contributed by atoms with Crippen LogP contribution in [0, 0.1) is 0 Å². The Hall–Kier alpha value is -1.80. The highest BCUT2D eigenvalue weighted by Crippen LogP contribution is 2.31. The number of nitrogens with zero attached hydrogens (tertiary/aromatic N) is 1. The van der Waals surface area contributed by atoms with Gasteiger partial charge in [-0.25, -0.2) is 10.2 Å². The van der Waals surface area contributed by atoms with Crippen LogP contribution in [0.2, 0.25) is 0 Å². The fourth-order valence-electron chi connectivity index (χ4n) is 1.18. The summed E-state index contributed by atoms with van der Waals surface area (Å²) in [5.41, 5.74) is 7.07. The maximum absolute atomic E-state index is 11.8. The maximum atomic E-state index is 11.8. The number of hydrogen-bond donors (Lipinski definition) is 2. The quantitative estimate of drug-likeness (QED) is 0.619. The summed E-state index contributed by atoms with van der Waals surface area (Å²) in [6.07, 6.45) is 3.04. The molecule has 17 heavy (non-hydrogen) atoms. The Morgan fingerprint density at radius 2 is 2.41 bits per heavy atom. The number of nitrogens with two attached hydrogens (primary N) is 1. The molecule has 0 aromatic carbocycles. The van der Waals surface area contributed by atoms with Crippen molar-refractivity contribution in [3.05, 3.63) is 29.1 Å². The summed E-state index contributed by atoms with van der Waals surface area (Å²) in [6.45, 7) is 0. The molecule has 8 heteroatoms. The fraction of sp³-hybridized carbons (Fsp3) is 0. The smallest absolute Gasteiger partial charge is 0.331 e. The summed E-state index contributed by atoms with van der Waals surface area (Å²) < 4.78 is 5.29. The molecule has 1 aromatic heterocycles. The van der Waals surface area contributed by atoms with Crippen molar-refractivity contribution in [2.75, 3.05) is 0 Å². The van der Waals surface area contributed by atoms with E-state index >= 15 is 0 Å². The van der Waals surface area contributed by atoms with E-state index in [1.807, 2.05) is 0 Å². The van der Waals surface area contributed by atoms with Crippen LogP contribution in [-0.2, 0) is 4.79 Å². The summed E-state index contributed by atoms with van der Waals surface area (Å²) in [6, 6.07) is 2.56.